The molecule has 2 N–H and O–H groups in total. The van der Waals surface area contributed by atoms with Gasteiger partial charge in [0.25, 0.3) is 5.91 Å². The highest BCUT2D eigenvalue weighted by atomic mass is 35.5. The number of nitrogens with one attached hydrogen (secondary N) is 2. The van der Waals surface area contributed by atoms with Crippen molar-refractivity contribution in [2.75, 3.05) is 0 Å². The highest BCUT2D eigenvalue weighted by Gasteiger charge is 2.14. The van der Waals surface area contributed by atoms with Crippen molar-refractivity contribution < 1.29 is 9.18 Å². The van der Waals surface area contributed by atoms with Crippen LogP contribution in [0.25, 0.3) is 21.8 Å². The minimum absolute atomic E-state index is 0.0162. The third-order valence-electron chi connectivity index (χ3n) is 5.82. The fourth-order valence-corrected chi connectivity index (χ4v) is 4.37. The molecule has 0 radical (unpaired) electrons. The maximum atomic E-state index is 14.8. The molecule has 0 spiro atoms. The van der Waals surface area contributed by atoms with Crippen LogP contribution in [0, 0.1) is 24.1 Å². The van der Waals surface area contributed by atoms with Gasteiger partial charge in [0.2, 0.25) is 0 Å². The zero-order valence-electron chi connectivity index (χ0n) is 20.7. The SMILES string of the molecule is CC.Cc1cnc2c(C#N)cc(Cc3cc(C(=O)NCc4ccc5[nH]cc(Cl)c5c4F)ccn3)cc2c1. The fraction of sp³-hybridized carbons (Fsp3) is 0.172. The third kappa shape index (κ3) is 5.45. The topological polar surface area (TPSA) is 94.5 Å². The molecule has 186 valence electrons. The van der Waals surface area contributed by atoms with Crippen molar-refractivity contribution in [3.63, 3.8) is 0 Å². The predicted octanol–water partition coefficient (Wildman–Crippen LogP) is 6.63. The van der Waals surface area contributed by atoms with Crippen LogP contribution in [0.5, 0.6) is 0 Å². The molecule has 0 bridgehead atoms. The number of amides is 1. The van der Waals surface area contributed by atoms with Crippen molar-refractivity contribution in [1.82, 2.24) is 20.3 Å². The number of nitrogens with zero attached hydrogens (tertiary/aromatic N) is 3. The summed E-state index contributed by atoms with van der Waals surface area (Å²) in [5.74, 6) is -0.803. The highest BCUT2D eigenvalue weighted by Crippen LogP contribution is 2.28. The van der Waals surface area contributed by atoms with Crippen LogP contribution in [0.1, 0.15) is 52.2 Å². The van der Waals surface area contributed by atoms with Crippen LogP contribution in [0.15, 0.2) is 61.1 Å². The van der Waals surface area contributed by atoms with Gasteiger partial charge in [-0.25, -0.2) is 4.39 Å². The van der Waals surface area contributed by atoms with Gasteiger partial charge in [-0.2, -0.15) is 5.26 Å². The Bertz CT molecular complexity index is 1650. The normalized spacial score (nSPS) is 10.6. The van der Waals surface area contributed by atoms with Gasteiger partial charge in [-0.3, -0.25) is 14.8 Å². The summed E-state index contributed by atoms with van der Waals surface area (Å²) < 4.78 is 14.8. The summed E-state index contributed by atoms with van der Waals surface area (Å²) in [6, 6.07) is 14.6. The molecule has 0 aliphatic carbocycles. The van der Waals surface area contributed by atoms with Gasteiger partial charge in [0, 0.05) is 59.3 Å². The van der Waals surface area contributed by atoms with Gasteiger partial charge in [0.05, 0.1) is 21.5 Å². The number of pyridine rings is 2. The van der Waals surface area contributed by atoms with Crippen molar-refractivity contribution in [2.45, 2.75) is 33.7 Å². The monoisotopic (exact) mass is 513 g/mol. The molecule has 6 nitrogen and oxygen atoms in total. The van der Waals surface area contributed by atoms with Crippen molar-refractivity contribution in [1.29, 1.82) is 5.26 Å². The first-order chi connectivity index (χ1) is 17.9. The van der Waals surface area contributed by atoms with E-state index in [1.807, 2.05) is 32.9 Å². The number of aryl methyl sites for hydroxylation is 1. The van der Waals surface area contributed by atoms with E-state index in [9.17, 15) is 14.4 Å². The Kier molecular flexibility index (Phi) is 7.80. The first kappa shape index (κ1) is 25.8. The largest absolute Gasteiger partial charge is 0.360 e. The van der Waals surface area contributed by atoms with E-state index in [1.54, 1.807) is 42.7 Å². The van der Waals surface area contributed by atoms with Crippen LogP contribution in [0.4, 0.5) is 4.39 Å². The first-order valence-corrected chi connectivity index (χ1v) is 12.3. The van der Waals surface area contributed by atoms with Crippen LogP contribution < -0.4 is 5.32 Å². The van der Waals surface area contributed by atoms with Crippen LogP contribution in [0.3, 0.4) is 0 Å². The second kappa shape index (κ2) is 11.2. The van der Waals surface area contributed by atoms with Gasteiger partial charge < -0.3 is 10.3 Å². The minimum Gasteiger partial charge on any atom is -0.360 e. The molecule has 0 aliphatic rings. The standard InChI is InChI=1S/C27H19ClFN5O.C2H6/c1-15-6-19-7-16(8-20(11-30)26(19)33-12-15)9-21-10-17(4-5-31-21)27(35)34-13-18-2-3-23-24(25(18)29)22(28)14-32-23;1-2/h2-8,10,12,14,32H,9,13H2,1H3,(H,34,35);1-2H3. The van der Waals surface area contributed by atoms with Crippen molar-refractivity contribution in [3.05, 3.63) is 105 Å². The van der Waals surface area contributed by atoms with E-state index in [2.05, 4.69) is 26.3 Å². The van der Waals surface area contributed by atoms with Crippen LogP contribution in [0.2, 0.25) is 5.02 Å². The third-order valence-corrected chi connectivity index (χ3v) is 6.12. The number of benzene rings is 2. The molecule has 5 rings (SSSR count). The molecule has 3 heterocycles. The second-order valence-electron chi connectivity index (χ2n) is 8.33. The fourth-order valence-electron chi connectivity index (χ4n) is 4.13. The molecule has 0 saturated carbocycles. The Morgan fingerprint density at radius 3 is 2.76 bits per heavy atom. The summed E-state index contributed by atoms with van der Waals surface area (Å²) in [5, 5.41) is 13.8. The zero-order valence-corrected chi connectivity index (χ0v) is 21.4. The number of fused-ring (bicyclic) bond motifs is 2. The lowest BCUT2D eigenvalue weighted by molar-refractivity contribution is 0.0950. The molecule has 5 aromatic rings. The Morgan fingerprint density at radius 1 is 1.16 bits per heavy atom. The van der Waals surface area contributed by atoms with E-state index < -0.39 is 5.82 Å². The highest BCUT2D eigenvalue weighted by molar-refractivity contribution is 6.35. The van der Waals surface area contributed by atoms with Crippen LogP contribution in [-0.4, -0.2) is 20.9 Å². The average Bonchev–Trinajstić information content (AvgIpc) is 3.30. The average molecular weight is 514 g/mol. The van der Waals surface area contributed by atoms with E-state index in [4.69, 9.17) is 11.6 Å². The number of hydrogen-bond acceptors (Lipinski definition) is 4. The maximum Gasteiger partial charge on any atom is 0.251 e. The van der Waals surface area contributed by atoms with Crippen molar-refractivity contribution in [2.24, 2.45) is 0 Å². The molecule has 2 aromatic carbocycles. The Morgan fingerprint density at radius 2 is 1.97 bits per heavy atom. The molecule has 0 fully saturated rings. The van der Waals surface area contributed by atoms with Gasteiger partial charge in [-0.1, -0.05) is 31.5 Å². The quantitative estimate of drug-likeness (QED) is 0.276. The summed E-state index contributed by atoms with van der Waals surface area (Å²) in [6.45, 7) is 5.97. The van der Waals surface area contributed by atoms with E-state index in [0.29, 0.717) is 50.2 Å². The van der Waals surface area contributed by atoms with Gasteiger partial charge in [0.1, 0.15) is 11.9 Å². The first-order valence-electron chi connectivity index (χ1n) is 11.9. The molecular weight excluding hydrogens is 489 g/mol. The van der Waals surface area contributed by atoms with Crippen molar-refractivity contribution >= 4 is 39.3 Å². The number of carbonyl (C=O) groups is 1. The Balaban J connectivity index is 0.00000156. The summed E-state index contributed by atoms with van der Waals surface area (Å²) in [5.41, 5.74) is 5.08. The summed E-state index contributed by atoms with van der Waals surface area (Å²) in [4.78, 5) is 24.5. The predicted molar refractivity (Wildman–Crippen MR) is 144 cm³/mol. The summed E-state index contributed by atoms with van der Waals surface area (Å²) in [6.07, 6.45) is 5.28. The lowest BCUT2D eigenvalue weighted by Gasteiger charge is -2.09. The Labute approximate surface area is 219 Å². The van der Waals surface area contributed by atoms with E-state index in [1.165, 1.54) is 6.20 Å². The summed E-state index contributed by atoms with van der Waals surface area (Å²) in [7, 11) is 0. The van der Waals surface area contributed by atoms with E-state index in [0.717, 1.165) is 16.5 Å². The molecule has 8 heteroatoms. The van der Waals surface area contributed by atoms with Crippen LogP contribution in [-0.2, 0) is 13.0 Å². The molecule has 3 aromatic heterocycles. The molecule has 0 atom stereocenters. The van der Waals surface area contributed by atoms with E-state index >= 15 is 0 Å². The van der Waals surface area contributed by atoms with Crippen LogP contribution >= 0.6 is 11.6 Å². The number of halogens is 2. The number of H-pyrrole nitrogens is 1. The molecule has 0 unspecified atom stereocenters. The number of rotatable bonds is 5. The molecule has 1 amide bonds. The van der Waals surface area contributed by atoms with Gasteiger partial charge >= 0.3 is 0 Å². The smallest absolute Gasteiger partial charge is 0.251 e. The lowest BCUT2D eigenvalue weighted by atomic mass is 10.0. The minimum atomic E-state index is -0.459. The summed E-state index contributed by atoms with van der Waals surface area (Å²) >= 11 is 6.06. The molecule has 0 aliphatic heterocycles. The Hall–Kier alpha value is -4.28. The van der Waals surface area contributed by atoms with Gasteiger partial charge in [0.15, 0.2) is 0 Å². The molecule has 37 heavy (non-hydrogen) atoms. The van der Waals surface area contributed by atoms with E-state index in [-0.39, 0.29) is 12.5 Å². The van der Waals surface area contributed by atoms with Gasteiger partial charge in [-0.05, 0) is 54.4 Å². The number of hydrogen-bond donors (Lipinski definition) is 2. The molecule has 0 saturated heterocycles. The second-order valence-corrected chi connectivity index (χ2v) is 8.74. The number of aromatic nitrogens is 3. The number of aromatic amines is 1. The zero-order chi connectivity index (χ0) is 26.5. The lowest BCUT2D eigenvalue weighted by Crippen LogP contribution is -2.23. The number of carbonyl (C=O) groups excluding carboxylic acids is 1. The van der Waals surface area contributed by atoms with Gasteiger partial charge in [-0.15, -0.1) is 0 Å². The number of nitriles is 1. The maximum absolute atomic E-state index is 14.8. The van der Waals surface area contributed by atoms with Crippen molar-refractivity contribution in [3.8, 4) is 6.07 Å². The molecular formula is C29H25ClFN5O.